The first-order chi connectivity index (χ1) is 16.7. The minimum Gasteiger partial charge on any atom is -0.493 e. The molecular formula is C29H32N2O3. The van der Waals surface area contributed by atoms with Crippen LogP contribution in [0.3, 0.4) is 0 Å². The van der Waals surface area contributed by atoms with Crippen LogP contribution in [0.25, 0.3) is 0 Å². The van der Waals surface area contributed by atoms with Crippen LogP contribution in [-0.4, -0.2) is 42.5 Å². The standard InChI is InChI=1S/C29H32N2O3/c1-33-27-17-23-15-16-31-25(24(23)18-28(27)34-2)13-14-26(29(31)32)30(19-21-9-5-3-6-10-21)20-22-11-7-4-8-12-22/h3-12,17-18,25-26H,13-16,19-20H2,1-2H3/t25-,26-/m0/s1. The van der Waals surface area contributed by atoms with Crippen LogP contribution in [0.1, 0.15) is 41.1 Å². The van der Waals surface area contributed by atoms with Gasteiger partial charge in [0, 0.05) is 19.6 Å². The molecule has 5 heteroatoms. The Morgan fingerprint density at radius 2 is 1.44 bits per heavy atom. The molecule has 5 rings (SSSR count). The molecule has 2 heterocycles. The third-order valence-corrected chi connectivity index (χ3v) is 7.18. The maximum absolute atomic E-state index is 13.9. The van der Waals surface area contributed by atoms with Gasteiger partial charge in [0.15, 0.2) is 11.5 Å². The fourth-order valence-corrected chi connectivity index (χ4v) is 5.48. The highest BCUT2D eigenvalue weighted by atomic mass is 16.5. The molecule has 0 bridgehead atoms. The Hall–Kier alpha value is -3.31. The molecule has 2 atom stereocenters. The van der Waals surface area contributed by atoms with E-state index < -0.39 is 0 Å². The van der Waals surface area contributed by atoms with Crippen molar-refractivity contribution in [2.45, 2.75) is 44.4 Å². The van der Waals surface area contributed by atoms with E-state index in [0.717, 1.165) is 50.4 Å². The minimum atomic E-state index is -0.127. The molecule has 3 aromatic carbocycles. The predicted molar refractivity (Wildman–Crippen MR) is 133 cm³/mol. The molecule has 3 aromatic rings. The van der Waals surface area contributed by atoms with E-state index >= 15 is 0 Å². The van der Waals surface area contributed by atoms with Crippen LogP contribution in [-0.2, 0) is 24.3 Å². The van der Waals surface area contributed by atoms with Crippen molar-refractivity contribution in [3.8, 4) is 11.5 Å². The Bertz CT molecular complexity index is 1090. The van der Waals surface area contributed by atoms with Crippen molar-refractivity contribution in [1.82, 2.24) is 9.80 Å². The molecule has 1 amide bonds. The molecule has 0 saturated carbocycles. The van der Waals surface area contributed by atoms with Gasteiger partial charge in [0.2, 0.25) is 5.91 Å². The third kappa shape index (κ3) is 4.40. The van der Waals surface area contributed by atoms with Crippen molar-refractivity contribution in [2.24, 2.45) is 0 Å². The first-order valence-corrected chi connectivity index (χ1v) is 12.0. The minimum absolute atomic E-state index is 0.0996. The van der Waals surface area contributed by atoms with Gasteiger partial charge in [-0.3, -0.25) is 9.69 Å². The van der Waals surface area contributed by atoms with Gasteiger partial charge in [0.1, 0.15) is 0 Å². The highest BCUT2D eigenvalue weighted by Gasteiger charge is 2.41. The van der Waals surface area contributed by atoms with Gasteiger partial charge >= 0.3 is 0 Å². The van der Waals surface area contributed by atoms with Crippen molar-refractivity contribution in [1.29, 1.82) is 0 Å². The third-order valence-electron chi connectivity index (χ3n) is 7.18. The van der Waals surface area contributed by atoms with E-state index in [2.05, 4.69) is 70.5 Å². The number of carbonyl (C=O) groups excluding carboxylic acids is 1. The second kappa shape index (κ2) is 9.90. The van der Waals surface area contributed by atoms with Crippen LogP contribution >= 0.6 is 0 Å². The second-order valence-electron chi connectivity index (χ2n) is 9.17. The van der Waals surface area contributed by atoms with Gasteiger partial charge in [-0.15, -0.1) is 0 Å². The van der Waals surface area contributed by atoms with Gasteiger partial charge in [-0.25, -0.2) is 0 Å². The highest BCUT2D eigenvalue weighted by molar-refractivity contribution is 5.83. The summed E-state index contributed by atoms with van der Waals surface area (Å²) in [5.41, 5.74) is 4.92. The van der Waals surface area contributed by atoms with Gasteiger partial charge in [-0.2, -0.15) is 0 Å². The number of nitrogens with zero attached hydrogens (tertiary/aromatic N) is 2. The van der Waals surface area contributed by atoms with Crippen LogP contribution in [0.2, 0.25) is 0 Å². The van der Waals surface area contributed by atoms with Crippen molar-refractivity contribution >= 4 is 5.91 Å². The van der Waals surface area contributed by atoms with Gasteiger partial charge in [-0.05, 0) is 53.6 Å². The zero-order valence-electron chi connectivity index (χ0n) is 19.9. The monoisotopic (exact) mass is 456 g/mol. The summed E-state index contributed by atoms with van der Waals surface area (Å²) in [6, 6.07) is 25.0. The van der Waals surface area contributed by atoms with Gasteiger partial charge < -0.3 is 14.4 Å². The molecule has 1 saturated heterocycles. The van der Waals surface area contributed by atoms with E-state index in [9.17, 15) is 4.79 Å². The van der Waals surface area contributed by atoms with E-state index in [1.54, 1.807) is 14.2 Å². The quantitative estimate of drug-likeness (QED) is 0.502. The molecule has 5 nitrogen and oxygen atoms in total. The van der Waals surface area contributed by atoms with Crippen molar-refractivity contribution < 1.29 is 14.3 Å². The molecule has 0 spiro atoms. The second-order valence-corrected chi connectivity index (χ2v) is 9.17. The first-order valence-electron chi connectivity index (χ1n) is 12.0. The Morgan fingerprint density at radius 3 is 2.03 bits per heavy atom. The molecule has 1 fully saturated rings. The summed E-state index contributed by atoms with van der Waals surface area (Å²) >= 11 is 0. The van der Waals surface area contributed by atoms with Gasteiger partial charge in [-0.1, -0.05) is 60.7 Å². The number of carbonyl (C=O) groups is 1. The van der Waals surface area contributed by atoms with Gasteiger partial charge in [0.05, 0.1) is 26.3 Å². The summed E-state index contributed by atoms with van der Waals surface area (Å²) in [4.78, 5) is 18.4. The lowest BCUT2D eigenvalue weighted by Gasteiger charge is -2.46. The molecule has 2 aliphatic heterocycles. The average Bonchev–Trinajstić information content (AvgIpc) is 2.88. The Labute approximate surface area is 201 Å². The average molecular weight is 457 g/mol. The highest BCUT2D eigenvalue weighted by Crippen LogP contribution is 2.43. The molecule has 0 aromatic heterocycles. The summed E-state index contributed by atoms with van der Waals surface area (Å²) < 4.78 is 11.1. The molecule has 176 valence electrons. The lowest BCUT2D eigenvalue weighted by molar-refractivity contribution is -0.145. The zero-order valence-corrected chi connectivity index (χ0v) is 19.9. The summed E-state index contributed by atoms with van der Waals surface area (Å²) in [6.07, 6.45) is 2.62. The lowest BCUT2D eigenvalue weighted by Crippen LogP contribution is -2.54. The summed E-state index contributed by atoms with van der Waals surface area (Å²) in [5.74, 6) is 1.72. The van der Waals surface area contributed by atoms with E-state index in [0.29, 0.717) is 0 Å². The van der Waals surface area contributed by atoms with E-state index in [-0.39, 0.29) is 18.0 Å². The van der Waals surface area contributed by atoms with Gasteiger partial charge in [0.25, 0.3) is 0 Å². The lowest BCUT2D eigenvalue weighted by atomic mass is 9.84. The number of benzene rings is 3. The van der Waals surface area contributed by atoms with Crippen molar-refractivity contribution in [2.75, 3.05) is 20.8 Å². The van der Waals surface area contributed by atoms with Crippen LogP contribution in [0.15, 0.2) is 72.8 Å². The number of fused-ring (bicyclic) bond motifs is 3. The number of amides is 1. The zero-order chi connectivity index (χ0) is 23.5. The van der Waals surface area contributed by atoms with Crippen LogP contribution in [0, 0.1) is 0 Å². The molecule has 0 radical (unpaired) electrons. The number of hydrogen-bond donors (Lipinski definition) is 0. The van der Waals surface area contributed by atoms with E-state index in [1.165, 1.54) is 22.3 Å². The predicted octanol–water partition coefficient (Wildman–Crippen LogP) is 4.99. The number of piperidine rings is 1. The summed E-state index contributed by atoms with van der Waals surface area (Å²) in [6.45, 7) is 2.26. The van der Waals surface area contributed by atoms with Crippen LogP contribution in [0.5, 0.6) is 11.5 Å². The number of hydrogen-bond acceptors (Lipinski definition) is 4. The van der Waals surface area contributed by atoms with Crippen LogP contribution in [0.4, 0.5) is 0 Å². The molecule has 34 heavy (non-hydrogen) atoms. The fourth-order valence-electron chi connectivity index (χ4n) is 5.48. The smallest absolute Gasteiger partial charge is 0.240 e. The molecule has 2 aliphatic rings. The Balaban J connectivity index is 1.42. The number of rotatable bonds is 7. The molecule has 0 unspecified atom stereocenters. The Kier molecular flexibility index (Phi) is 6.54. The SMILES string of the molecule is COc1cc2c(cc1OC)[C@@H]1CC[C@H](N(Cc3ccccc3)Cc3ccccc3)C(=O)N1CC2. The first kappa shape index (κ1) is 22.5. The fraction of sp³-hybridized carbons (Fsp3) is 0.345. The maximum atomic E-state index is 13.9. The Morgan fingerprint density at radius 1 is 0.853 bits per heavy atom. The number of methoxy groups -OCH3 is 2. The van der Waals surface area contributed by atoms with E-state index in [1.807, 2.05) is 12.1 Å². The molecule has 0 N–H and O–H groups in total. The largest absolute Gasteiger partial charge is 0.493 e. The summed E-state index contributed by atoms with van der Waals surface area (Å²) in [7, 11) is 3.33. The number of ether oxygens (including phenoxy) is 2. The topological polar surface area (TPSA) is 42.0 Å². The van der Waals surface area contributed by atoms with Crippen LogP contribution < -0.4 is 9.47 Å². The molecular weight excluding hydrogens is 424 g/mol. The summed E-state index contributed by atoms with van der Waals surface area (Å²) in [5, 5.41) is 0. The molecule has 0 aliphatic carbocycles. The maximum Gasteiger partial charge on any atom is 0.240 e. The van der Waals surface area contributed by atoms with Crippen molar-refractivity contribution in [3.05, 3.63) is 95.1 Å². The van der Waals surface area contributed by atoms with E-state index in [4.69, 9.17) is 9.47 Å². The van der Waals surface area contributed by atoms with Crippen molar-refractivity contribution in [3.63, 3.8) is 0 Å². The normalized spacial score (nSPS) is 19.5.